The summed E-state index contributed by atoms with van der Waals surface area (Å²) in [5, 5.41) is 3.02. The lowest BCUT2D eigenvalue weighted by Gasteiger charge is -2.10. The summed E-state index contributed by atoms with van der Waals surface area (Å²) >= 11 is 0. The Balaban J connectivity index is 0.000000621. The van der Waals surface area contributed by atoms with E-state index in [1.165, 1.54) is 0 Å². The van der Waals surface area contributed by atoms with E-state index in [0.717, 1.165) is 11.3 Å². The van der Waals surface area contributed by atoms with Crippen molar-refractivity contribution in [3.05, 3.63) is 29.8 Å². The maximum atomic E-state index is 10.8. The van der Waals surface area contributed by atoms with Crippen LogP contribution in [0.15, 0.2) is 24.3 Å². The van der Waals surface area contributed by atoms with Crippen LogP contribution in [0.3, 0.4) is 0 Å². The van der Waals surface area contributed by atoms with Crippen molar-refractivity contribution < 1.29 is 22.5 Å². The molecule has 8 heteroatoms. The highest BCUT2D eigenvalue weighted by molar-refractivity contribution is 7.85. The monoisotopic (exact) mass is 304 g/mol. The summed E-state index contributed by atoms with van der Waals surface area (Å²) in [5.41, 5.74) is 6.21. The van der Waals surface area contributed by atoms with E-state index < -0.39 is 10.1 Å². The van der Waals surface area contributed by atoms with Gasteiger partial charge in [-0.05, 0) is 24.6 Å². The number of carbonyl (C=O) groups is 1. The number of rotatable bonds is 5. The lowest BCUT2D eigenvalue weighted by atomic mass is 10.2. The SMILES string of the molecule is COc1ccc(CN[C@@H](C)C(N)=O)cc1.CS(=O)(=O)O. The number of hydrogen-bond donors (Lipinski definition) is 3. The van der Waals surface area contributed by atoms with Gasteiger partial charge in [-0.1, -0.05) is 12.1 Å². The number of nitrogens with two attached hydrogens (primary N) is 1. The molecule has 4 N–H and O–H groups in total. The Labute approximate surface area is 118 Å². The molecule has 1 aromatic carbocycles. The first-order chi connectivity index (χ1) is 9.13. The molecule has 114 valence electrons. The first-order valence-electron chi connectivity index (χ1n) is 5.71. The molecule has 0 radical (unpaired) electrons. The van der Waals surface area contributed by atoms with Crippen molar-refractivity contribution in [2.45, 2.75) is 19.5 Å². The molecule has 1 aromatic rings. The number of amides is 1. The van der Waals surface area contributed by atoms with E-state index in [9.17, 15) is 13.2 Å². The third-order valence-electron chi connectivity index (χ3n) is 2.20. The fraction of sp³-hybridized carbons (Fsp3) is 0.417. The van der Waals surface area contributed by atoms with Crippen LogP contribution in [0.25, 0.3) is 0 Å². The van der Waals surface area contributed by atoms with Crippen molar-refractivity contribution in [3.63, 3.8) is 0 Å². The summed E-state index contributed by atoms with van der Waals surface area (Å²) in [6.07, 6.45) is 0.715. The van der Waals surface area contributed by atoms with Gasteiger partial charge in [-0.2, -0.15) is 8.42 Å². The van der Waals surface area contributed by atoms with Gasteiger partial charge in [-0.3, -0.25) is 9.35 Å². The minimum atomic E-state index is -3.67. The number of ether oxygens (including phenoxy) is 1. The summed E-state index contributed by atoms with van der Waals surface area (Å²) in [6.45, 7) is 2.36. The number of nitrogens with one attached hydrogen (secondary N) is 1. The smallest absolute Gasteiger partial charge is 0.261 e. The first kappa shape index (κ1) is 18.4. The molecule has 20 heavy (non-hydrogen) atoms. The molecule has 7 nitrogen and oxygen atoms in total. The molecule has 0 saturated heterocycles. The lowest BCUT2D eigenvalue weighted by Crippen LogP contribution is -2.38. The van der Waals surface area contributed by atoms with Gasteiger partial charge in [0.2, 0.25) is 5.91 Å². The van der Waals surface area contributed by atoms with E-state index in [1.54, 1.807) is 14.0 Å². The molecule has 0 unspecified atom stereocenters. The standard InChI is InChI=1S/C11H16N2O2.CH4O3S/c1-8(11(12)14)13-7-9-3-5-10(15-2)6-4-9;1-5(2,3)4/h3-6,8,13H,7H2,1-2H3,(H2,12,14);1H3,(H,2,3,4)/t8-;/m0./s1. The second kappa shape index (κ2) is 8.51. The van der Waals surface area contributed by atoms with Gasteiger partial charge in [-0.25, -0.2) is 0 Å². The molecule has 0 spiro atoms. The van der Waals surface area contributed by atoms with E-state index in [2.05, 4.69) is 5.32 Å². The summed E-state index contributed by atoms with van der Waals surface area (Å²) < 4.78 is 30.9. The van der Waals surface area contributed by atoms with Crippen molar-refractivity contribution in [2.75, 3.05) is 13.4 Å². The zero-order valence-corrected chi connectivity index (χ0v) is 12.5. The minimum absolute atomic E-state index is 0.313. The largest absolute Gasteiger partial charge is 0.497 e. The molecule has 1 rings (SSSR count). The molecule has 0 saturated carbocycles. The van der Waals surface area contributed by atoms with Crippen LogP contribution in [0, 0.1) is 0 Å². The average Bonchev–Trinajstić information content (AvgIpc) is 2.34. The van der Waals surface area contributed by atoms with Gasteiger partial charge in [0.05, 0.1) is 19.4 Å². The Kier molecular flexibility index (Phi) is 7.82. The molecule has 1 atom stereocenters. The summed E-state index contributed by atoms with van der Waals surface area (Å²) in [4.78, 5) is 10.8. The minimum Gasteiger partial charge on any atom is -0.497 e. The fourth-order valence-electron chi connectivity index (χ4n) is 1.11. The van der Waals surface area contributed by atoms with Crippen LogP contribution >= 0.6 is 0 Å². The van der Waals surface area contributed by atoms with Crippen molar-refractivity contribution >= 4 is 16.0 Å². The molecular weight excluding hydrogens is 284 g/mol. The molecule has 0 aliphatic carbocycles. The van der Waals surface area contributed by atoms with E-state index in [4.69, 9.17) is 15.0 Å². The van der Waals surface area contributed by atoms with Gasteiger partial charge in [0.15, 0.2) is 0 Å². The van der Waals surface area contributed by atoms with Crippen LogP contribution in [-0.4, -0.2) is 38.3 Å². The molecular formula is C12H20N2O5S. The van der Waals surface area contributed by atoms with Crippen LogP contribution in [0.5, 0.6) is 5.75 Å². The second-order valence-corrected chi connectivity index (χ2v) is 5.55. The van der Waals surface area contributed by atoms with E-state index in [-0.39, 0.29) is 11.9 Å². The first-order valence-corrected chi connectivity index (χ1v) is 7.56. The summed E-state index contributed by atoms with van der Waals surface area (Å²) in [7, 11) is -2.04. The highest BCUT2D eigenvalue weighted by atomic mass is 32.2. The van der Waals surface area contributed by atoms with Gasteiger partial charge < -0.3 is 15.8 Å². The van der Waals surface area contributed by atoms with Crippen LogP contribution in [0.2, 0.25) is 0 Å². The van der Waals surface area contributed by atoms with Crippen LogP contribution in [0.1, 0.15) is 12.5 Å². The number of hydrogen-bond acceptors (Lipinski definition) is 5. The number of methoxy groups -OCH3 is 1. The Hall–Kier alpha value is -1.64. The van der Waals surface area contributed by atoms with Crippen molar-refractivity contribution in [1.29, 1.82) is 0 Å². The predicted molar refractivity (Wildman–Crippen MR) is 76.0 cm³/mol. The van der Waals surface area contributed by atoms with Gasteiger partial charge in [0, 0.05) is 6.54 Å². The van der Waals surface area contributed by atoms with Crippen LogP contribution in [-0.2, 0) is 21.5 Å². The average molecular weight is 304 g/mol. The van der Waals surface area contributed by atoms with Crippen molar-refractivity contribution in [2.24, 2.45) is 5.73 Å². The molecule has 1 amide bonds. The van der Waals surface area contributed by atoms with E-state index in [1.807, 2.05) is 24.3 Å². The summed E-state index contributed by atoms with van der Waals surface area (Å²) in [5.74, 6) is 0.477. The number of benzene rings is 1. The fourth-order valence-corrected chi connectivity index (χ4v) is 1.11. The molecule has 0 bridgehead atoms. The van der Waals surface area contributed by atoms with Crippen molar-refractivity contribution in [1.82, 2.24) is 5.32 Å². The topological polar surface area (TPSA) is 119 Å². The highest BCUT2D eigenvalue weighted by Gasteiger charge is 2.06. The normalized spacial score (nSPS) is 12.0. The quantitative estimate of drug-likeness (QED) is 0.667. The molecule has 0 heterocycles. The Morgan fingerprint density at radius 2 is 1.85 bits per heavy atom. The van der Waals surface area contributed by atoms with E-state index >= 15 is 0 Å². The molecule has 0 aromatic heterocycles. The van der Waals surface area contributed by atoms with Crippen LogP contribution < -0.4 is 15.8 Å². The summed E-state index contributed by atoms with van der Waals surface area (Å²) in [6, 6.07) is 7.34. The highest BCUT2D eigenvalue weighted by Crippen LogP contribution is 2.10. The number of carbonyl (C=O) groups excluding carboxylic acids is 1. The molecule has 0 fully saturated rings. The lowest BCUT2D eigenvalue weighted by molar-refractivity contribution is -0.119. The third kappa shape index (κ3) is 10.3. The van der Waals surface area contributed by atoms with Crippen LogP contribution in [0.4, 0.5) is 0 Å². The molecule has 0 aliphatic rings. The van der Waals surface area contributed by atoms with Gasteiger partial charge >= 0.3 is 0 Å². The van der Waals surface area contributed by atoms with Gasteiger partial charge in [-0.15, -0.1) is 0 Å². The number of primary amides is 1. The Bertz CT molecular complexity index is 505. The Morgan fingerprint density at radius 3 is 2.20 bits per heavy atom. The van der Waals surface area contributed by atoms with E-state index in [0.29, 0.717) is 12.8 Å². The van der Waals surface area contributed by atoms with Crippen molar-refractivity contribution in [3.8, 4) is 5.75 Å². The predicted octanol–water partition coefficient (Wildman–Crippen LogP) is 0.163. The Morgan fingerprint density at radius 1 is 1.40 bits per heavy atom. The second-order valence-electron chi connectivity index (χ2n) is 4.09. The zero-order valence-electron chi connectivity index (χ0n) is 11.7. The maximum absolute atomic E-state index is 10.8. The zero-order chi connectivity index (χ0) is 15.8. The third-order valence-corrected chi connectivity index (χ3v) is 2.20. The maximum Gasteiger partial charge on any atom is 0.261 e. The van der Waals surface area contributed by atoms with Gasteiger partial charge in [0.25, 0.3) is 10.1 Å². The van der Waals surface area contributed by atoms with Gasteiger partial charge in [0.1, 0.15) is 5.75 Å². The molecule has 0 aliphatic heterocycles.